The first-order valence-electron chi connectivity index (χ1n) is 9.98. The highest BCUT2D eigenvalue weighted by atomic mass is 32.1. The molecule has 1 aromatic carbocycles. The summed E-state index contributed by atoms with van der Waals surface area (Å²) < 4.78 is 10.8. The SMILES string of the molecule is COCCCN1C(=O)C(=O)C(=C(O)c2ccc(OCC(C)C)cc2)[C@H]1c1cccs1. The van der Waals surface area contributed by atoms with Gasteiger partial charge in [-0.05, 0) is 48.1 Å². The van der Waals surface area contributed by atoms with Crippen LogP contribution < -0.4 is 4.74 Å². The molecule has 0 saturated carbocycles. The minimum atomic E-state index is -0.663. The van der Waals surface area contributed by atoms with Gasteiger partial charge in [-0.1, -0.05) is 19.9 Å². The summed E-state index contributed by atoms with van der Waals surface area (Å²) in [7, 11) is 1.60. The molecular formula is C23H27NO5S. The van der Waals surface area contributed by atoms with Crippen molar-refractivity contribution in [1.82, 2.24) is 4.90 Å². The van der Waals surface area contributed by atoms with Crippen molar-refractivity contribution < 1.29 is 24.2 Å². The number of carbonyl (C=O) groups excluding carboxylic acids is 2. The Morgan fingerprint density at radius 3 is 2.53 bits per heavy atom. The van der Waals surface area contributed by atoms with Gasteiger partial charge in [-0.2, -0.15) is 0 Å². The smallest absolute Gasteiger partial charge is 0.295 e. The van der Waals surface area contributed by atoms with Crippen LogP contribution in [0.5, 0.6) is 5.75 Å². The number of ketones is 1. The maximum absolute atomic E-state index is 12.9. The second-order valence-electron chi connectivity index (χ2n) is 7.58. The molecule has 0 unspecified atom stereocenters. The van der Waals surface area contributed by atoms with Crippen LogP contribution in [0, 0.1) is 5.92 Å². The fraction of sp³-hybridized carbons (Fsp3) is 0.391. The average Bonchev–Trinajstić information content (AvgIpc) is 3.35. The van der Waals surface area contributed by atoms with Crippen molar-refractivity contribution >= 4 is 28.8 Å². The molecule has 2 aromatic rings. The topological polar surface area (TPSA) is 76.1 Å². The Morgan fingerprint density at radius 2 is 1.93 bits per heavy atom. The van der Waals surface area contributed by atoms with Crippen LogP contribution in [-0.2, 0) is 14.3 Å². The lowest BCUT2D eigenvalue weighted by atomic mass is 10.00. The Hall–Kier alpha value is -2.64. The van der Waals surface area contributed by atoms with E-state index in [1.165, 1.54) is 16.2 Å². The zero-order valence-corrected chi connectivity index (χ0v) is 18.3. The third-order valence-corrected chi connectivity index (χ3v) is 5.74. The third-order valence-electron chi connectivity index (χ3n) is 4.81. The Labute approximate surface area is 180 Å². The molecule has 3 rings (SSSR count). The van der Waals surface area contributed by atoms with Gasteiger partial charge in [-0.15, -0.1) is 11.3 Å². The molecule has 1 aliphatic heterocycles. The second kappa shape index (κ2) is 9.91. The van der Waals surface area contributed by atoms with Gasteiger partial charge in [0.1, 0.15) is 11.5 Å². The van der Waals surface area contributed by atoms with E-state index in [0.29, 0.717) is 43.4 Å². The van der Waals surface area contributed by atoms with E-state index in [-0.39, 0.29) is 11.3 Å². The number of ether oxygens (including phenoxy) is 2. The first-order valence-corrected chi connectivity index (χ1v) is 10.9. The number of benzene rings is 1. The predicted octanol–water partition coefficient (Wildman–Crippen LogP) is 4.24. The van der Waals surface area contributed by atoms with Crippen LogP contribution in [0.4, 0.5) is 0 Å². The Bertz CT molecular complexity index is 902. The summed E-state index contributed by atoms with van der Waals surface area (Å²) >= 11 is 1.45. The number of amides is 1. The molecule has 1 N–H and O–H groups in total. The number of aliphatic hydroxyl groups is 1. The van der Waals surface area contributed by atoms with Gasteiger partial charge in [0, 0.05) is 30.7 Å². The fourth-order valence-electron chi connectivity index (χ4n) is 3.36. The highest BCUT2D eigenvalue weighted by Crippen LogP contribution is 2.41. The van der Waals surface area contributed by atoms with Crippen molar-refractivity contribution in [1.29, 1.82) is 0 Å². The van der Waals surface area contributed by atoms with Crippen molar-refractivity contribution in [2.45, 2.75) is 26.3 Å². The lowest BCUT2D eigenvalue weighted by molar-refractivity contribution is -0.140. The molecule has 0 bridgehead atoms. The fourth-order valence-corrected chi connectivity index (χ4v) is 4.21. The van der Waals surface area contributed by atoms with E-state index in [9.17, 15) is 14.7 Å². The van der Waals surface area contributed by atoms with Gasteiger partial charge in [-0.3, -0.25) is 9.59 Å². The number of methoxy groups -OCH3 is 1. The molecule has 1 saturated heterocycles. The molecule has 7 heteroatoms. The Balaban J connectivity index is 1.95. The van der Waals surface area contributed by atoms with Crippen LogP contribution in [-0.4, -0.2) is 48.6 Å². The molecule has 0 aliphatic carbocycles. The van der Waals surface area contributed by atoms with Crippen molar-refractivity contribution in [2.24, 2.45) is 5.92 Å². The zero-order chi connectivity index (χ0) is 21.7. The summed E-state index contributed by atoms with van der Waals surface area (Å²) in [5, 5.41) is 12.9. The van der Waals surface area contributed by atoms with Crippen molar-refractivity contribution in [2.75, 3.05) is 26.9 Å². The van der Waals surface area contributed by atoms with Gasteiger partial charge < -0.3 is 19.5 Å². The van der Waals surface area contributed by atoms with Gasteiger partial charge >= 0.3 is 0 Å². The lowest BCUT2D eigenvalue weighted by Crippen LogP contribution is -2.31. The highest BCUT2D eigenvalue weighted by molar-refractivity contribution is 7.10. The second-order valence-corrected chi connectivity index (χ2v) is 8.56. The van der Waals surface area contributed by atoms with Crippen molar-refractivity contribution in [3.63, 3.8) is 0 Å². The molecule has 1 amide bonds. The van der Waals surface area contributed by atoms with Gasteiger partial charge in [0.15, 0.2) is 0 Å². The molecule has 2 heterocycles. The number of likely N-dealkylation sites (tertiary alicyclic amines) is 1. The monoisotopic (exact) mass is 429 g/mol. The number of hydrogen-bond donors (Lipinski definition) is 1. The molecule has 0 radical (unpaired) electrons. The van der Waals surface area contributed by atoms with E-state index in [2.05, 4.69) is 13.8 Å². The van der Waals surface area contributed by atoms with Crippen LogP contribution in [0.2, 0.25) is 0 Å². The number of nitrogens with zero attached hydrogens (tertiary/aromatic N) is 1. The number of rotatable bonds is 9. The largest absolute Gasteiger partial charge is 0.507 e. The van der Waals surface area contributed by atoms with E-state index in [1.807, 2.05) is 17.5 Å². The molecule has 1 aromatic heterocycles. The summed E-state index contributed by atoms with van der Waals surface area (Å²) in [6.07, 6.45) is 0.604. The number of Topliss-reactive ketones (excluding diaryl/α,β-unsaturated/α-hetero) is 1. The Kier molecular flexibility index (Phi) is 7.29. The number of carbonyl (C=O) groups is 2. The first-order chi connectivity index (χ1) is 14.4. The molecule has 1 aliphatic rings. The van der Waals surface area contributed by atoms with Gasteiger partial charge in [-0.25, -0.2) is 0 Å². The lowest BCUT2D eigenvalue weighted by Gasteiger charge is -2.24. The van der Waals surface area contributed by atoms with Gasteiger partial charge in [0.25, 0.3) is 11.7 Å². The molecule has 1 fully saturated rings. The quantitative estimate of drug-likeness (QED) is 0.279. The summed E-state index contributed by atoms with van der Waals surface area (Å²) in [5.74, 6) is -0.337. The van der Waals surface area contributed by atoms with Crippen molar-refractivity contribution in [3.05, 3.63) is 57.8 Å². The molecule has 1 atom stereocenters. The predicted molar refractivity (Wildman–Crippen MR) is 117 cm³/mol. The Morgan fingerprint density at radius 1 is 1.20 bits per heavy atom. The van der Waals surface area contributed by atoms with Crippen LogP contribution in [0.1, 0.15) is 36.8 Å². The summed E-state index contributed by atoms with van der Waals surface area (Å²) in [5.41, 5.74) is 0.596. The zero-order valence-electron chi connectivity index (χ0n) is 17.5. The van der Waals surface area contributed by atoms with Crippen LogP contribution in [0.25, 0.3) is 5.76 Å². The normalized spacial score (nSPS) is 18.4. The number of thiophene rings is 1. The first kappa shape index (κ1) is 22.1. The molecular weight excluding hydrogens is 402 g/mol. The summed E-state index contributed by atoms with van der Waals surface area (Å²) in [4.78, 5) is 27.9. The van der Waals surface area contributed by atoms with E-state index < -0.39 is 17.7 Å². The maximum Gasteiger partial charge on any atom is 0.295 e. The number of aliphatic hydroxyl groups excluding tert-OH is 1. The standard InChI is InChI=1S/C23H27NO5S/c1-15(2)14-29-17-9-7-16(8-10-17)21(25)19-20(18-6-4-13-30-18)24(11-5-12-28-3)23(27)22(19)26/h4,6-10,13,15,20,25H,5,11-12,14H2,1-3H3/t20-/m1/s1. The molecule has 6 nitrogen and oxygen atoms in total. The maximum atomic E-state index is 12.9. The summed E-state index contributed by atoms with van der Waals surface area (Å²) in [6, 6.07) is 10.1. The van der Waals surface area contributed by atoms with Crippen LogP contribution in [0.3, 0.4) is 0 Å². The van der Waals surface area contributed by atoms with Crippen LogP contribution >= 0.6 is 11.3 Å². The van der Waals surface area contributed by atoms with E-state index >= 15 is 0 Å². The molecule has 0 spiro atoms. The van der Waals surface area contributed by atoms with E-state index in [1.54, 1.807) is 31.4 Å². The minimum Gasteiger partial charge on any atom is -0.507 e. The van der Waals surface area contributed by atoms with Gasteiger partial charge in [0.05, 0.1) is 18.2 Å². The molecule has 30 heavy (non-hydrogen) atoms. The van der Waals surface area contributed by atoms with E-state index in [0.717, 1.165) is 4.88 Å². The highest BCUT2D eigenvalue weighted by Gasteiger charge is 2.46. The minimum absolute atomic E-state index is 0.121. The van der Waals surface area contributed by atoms with Crippen molar-refractivity contribution in [3.8, 4) is 5.75 Å². The van der Waals surface area contributed by atoms with E-state index in [4.69, 9.17) is 9.47 Å². The third kappa shape index (κ3) is 4.74. The van der Waals surface area contributed by atoms with Gasteiger partial charge in [0.2, 0.25) is 0 Å². The summed E-state index contributed by atoms with van der Waals surface area (Å²) in [6.45, 7) is 5.58. The number of hydrogen-bond acceptors (Lipinski definition) is 6. The molecule has 160 valence electrons. The average molecular weight is 430 g/mol. The van der Waals surface area contributed by atoms with Crippen LogP contribution in [0.15, 0.2) is 47.4 Å².